The Kier molecular flexibility index (Phi) is 6.12. The molecule has 0 bridgehead atoms. The van der Waals surface area contributed by atoms with Gasteiger partial charge in [0.05, 0.1) is 0 Å². The maximum absolute atomic E-state index is 3.74. The average Bonchev–Trinajstić information content (AvgIpc) is 2.41. The van der Waals surface area contributed by atoms with Crippen LogP contribution in [0.5, 0.6) is 0 Å². The summed E-state index contributed by atoms with van der Waals surface area (Å²) in [5, 5.41) is 3.74. The zero-order valence-electron chi connectivity index (χ0n) is 11.2. The van der Waals surface area contributed by atoms with E-state index in [1.54, 1.807) is 0 Å². The van der Waals surface area contributed by atoms with Crippen LogP contribution in [0.15, 0.2) is 0 Å². The molecule has 2 saturated heterocycles. The van der Waals surface area contributed by atoms with E-state index in [0.29, 0.717) is 0 Å². The maximum atomic E-state index is 3.74. The fraction of sp³-hybridized carbons (Fsp3) is 1.00. The van der Waals surface area contributed by atoms with Gasteiger partial charge >= 0.3 is 0 Å². The van der Waals surface area contributed by atoms with Crippen LogP contribution in [0.4, 0.5) is 0 Å². The minimum Gasteiger partial charge on any atom is -0.313 e. The third-order valence-corrected chi connectivity index (χ3v) is 4.94. The van der Waals surface area contributed by atoms with E-state index >= 15 is 0 Å². The second-order valence-electron chi connectivity index (χ2n) is 5.12. The molecular formula is C13H27N3S. The van der Waals surface area contributed by atoms with Crippen molar-refractivity contribution >= 4 is 11.8 Å². The second-order valence-corrected chi connectivity index (χ2v) is 6.34. The molecular weight excluding hydrogens is 230 g/mol. The highest BCUT2D eigenvalue weighted by Gasteiger charge is 2.17. The van der Waals surface area contributed by atoms with E-state index in [2.05, 4.69) is 33.8 Å². The minimum atomic E-state index is 0.775. The van der Waals surface area contributed by atoms with Crippen molar-refractivity contribution in [2.75, 3.05) is 57.3 Å². The molecule has 1 N–H and O–H groups in total. The first kappa shape index (κ1) is 13.7. The van der Waals surface area contributed by atoms with Crippen LogP contribution in [0.2, 0.25) is 0 Å². The van der Waals surface area contributed by atoms with E-state index in [-0.39, 0.29) is 0 Å². The van der Waals surface area contributed by atoms with E-state index in [9.17, 15) is 0 Å². The highest BCUT2D eigenvalue weighted by Crippen LogP contribution is 2.10. The van der Waals surface area contributed by atoms with Crippen LogP contribution >= 0.6 is 11.8 Å². The van der Waals surface area contributed by atoms with Crippen LogP contribution in [-0.2, 0) is 0 Å². The Morgan fingerprint density at radius 3 is 2.41 bits per heavy atom. The molecule has 0 amide bonds. The normalized spacial score (nSPS) is 25.2. The molecule has 0 atom stereocenters. The number of nitrogens with zero attached hydrogens (tertiary/aromatic N) is 2. The summed E-state index contributed by atoms with van der Waals surface area (Å²) in [6.07, 6.45) is 2.67. The molecule has 17 heavy (non-hydrogen) atoms. The Balaban J connectivity index is 1.53. The van der Waals surface area contributed by atoms with Crippen LogP contribution in [0.1, 0.15) is 19.8 Å². The first-order chi connectivity index (χ1) is 8.38. The van der Waals surface area contributed by atoms with Crippen molar-refractivity contribution in [1.82, 2.24) is 15.1 Å². The molecule has 0 unspecified atom stereocenters. The van der Waals surface area contributed by atoms with Gasteiger partial charge in [0, 0.05) is 43.7 Å². The van der Waals surface area contributed by atoms with Crippen LogP contribution in [0, 0.1) is 0 Å². The lowest BCUT2D eigenvalue weighted by molar-refractivity contribution is 0.201. The predicted molar refractivity (Wildman–Crippen MR) is 76.9 cm³/mol. The summed E-state index contributed by atoms with van der Waals surface area (Å²) >= 11 is 2.10. The molecule has 0 radical (unpaired) electrons. The predicted octanol–water partition coefficient (Wildman–Crippen LogP) is 1.11. The third-order valence-electron chi connectivity index (χ3n) is 4.00. The van der Waals surface area contributed by atoms with Gasteiger partial charge < -0.3 is 15.1 Å². The summed E-state index contributed by atoms with van der Waals surface area (Å²) in [6, 6.07) is 0.775. The largest absolute Gasteiger partial charge is 0.313 e. The smallest absolute Gasteiger partial charge is 0.0108 e. The van der Waals surface area contributed by atoms with E-state index < -0.39 is 0 Å². The van der Waals surface area contributed by atoms with E-state index in [1.165, 1.54) is 70.2 Å². The maximum Gasteiger partial charge on any atom is 0.0108 e. The number of thioether (sulfide) groups is 1. The van der Waals surface area contributed by atoms with Gasteiger partial charge in [-0.05, 0) is 32.5 Å². The number of piperidine rings is 1. The molecule has 0 aliphatic carbocycles. The van der Waals surface area contributed by atoms with Gasteiger partial charge in [0.1, 0.15) is 0 Å². The van der Waals surface area contributed by atoms with Gasteiger partial charge in [-0.2, -0.15) is 11.8 Å². The van der Waals surface area contributed by atoms with Gasteiger partial charge in [-0.1, -0.05) is 6.92 Å². The molecule has 3 nitrogen and oxygen atoms in total. The number of likely N-dealkylation sites (tertiary alicyclic amines) is 1. The van der Waals surface area contributed by atoms with E-state index in [0.717, 1.165) is 6.04 Å². The van der Waals surface area contributed by atoms with Crippen molar-refractivity contribution in [1.29, 1.82) is 0 Å². The Hall–Kier alpha value is 0.230. The fourth-order valence-electron chi connectivity index (χ4n) is 2.70. The molecule has 2 rings (SSSR count). The second kappa shape index (κ2) is 7.62. The first-order valence-corrected chi connectivity index (χ1v) is 8.30. The standard InChI is InChI=1S/C13H27N3S/c1-2-15-6-3-13(4-7-15)14-5-8-16-9-11-17-12-10-16/h13-14H,2-12H2,1H3. The zero-order valence-corrected chi connectivity index (χ0v) is 12.0. The summed E-state index contributed by atoms with van der Waals surface area (Å²) in [5.74, 6) is 2.66. The van der Waals surface area contributed by atoms with Crippen molar-refractivity contribution in [3.05, 3.63) is 0 Å². The molecule has 2 fully saturated rings. The first-order valence-electron chi connectivity index (χ1n) is 7.14. The van der Waals surface area contributed by atoms with Crippen LogP contribution in [-0.4, -0.2) is 73.2 Å². The van der Waals surface area contributed by atoms with Gasteiger partial charge in [0.15, 0.2) is 0 Å². The summed E-state index contributed by atoms with van der Waals surface area (Å²) in [4.78, 5) is 5.16. The highest BCUT2D eigenvalue weighted by atomic mass is 32.2. The van der Waals surface area contributed by atoms with Crippen molar-refractivity contribution in [3.8, 4) is 0 Å². The van der Waals surface area contributed by atoms with Gasteiger partial charge in [-0.3, -0.25) is 0 Å². The Morgan fingerprint density at radius 1 is 1.06 bits per heavy atom. The van der Waals surface area contributed by atoms with Gasteiger partial charge in [0.25, 0.3) is 0 Å². The molecule has 0 aromatic carbocycles. The van der Waals surface area contributed by atoms with Crippen molar-refractivity contribution in [2.45, 2.75) is 25.8 Å². The highest BCUT2D eigenvalue weighted by molar-refractivity contribution is 7.99. The van der Waals surface area contributed by atoms with Gasteiger partial charge in [0.2, 0.25) is 0 Å². The lowest BCUT2D eigenvalue weighted by atomic mass is 10.1. The monoisotopic (exact) mass is 257 g/mol. The average molecular weight is 257 g/mol. The Bertz CT molecular complexity index is 199. The quantitative estimate of drug-likeness (QED) is 0.795. The van der Waals surface area contributed by atoms with Gasteiger partial charge in [-0.25, -0.2) is 0 Å². The summed E-state index contributed by atoms with van der Waals surface area (Å²) in [6.45, 7) is 11.1. The van der Waals surface area contributed by atoms with Crippen LogP contribution < -0.4 is 5.32 Å². The number of rotatable bonds is 5. The molecule has 0 aromatic heterocycles. The number of hydrogen-bond donors (Lipinski definition) is 1. The van der Waals surface area contributed by atoms with Crippen molar-refractivity contribution in [3.63, 3.8) is 0 Å². The van der Waals surface area contributed by atoms with Gasteiger partial charge in [-0.15, -0.1) is 0 Å². The molecule has 2 heterocycles. The summed E-state index contributed by atoms with van der Waals surface area (Å²) < 4.78 is 0. The van der Waals surface area contributed by atoms with Crippen molar-refractivity contribution in [2.24, 2.45) is 0 Å². The zero-order chi connectivity index (χ0) is 11.9. The summed E-state index contributed by atoms with van der Waals surface area (Å²) in [5.41, 5.74) is 0. The van der Waals surface area contributed by atoms with Crippen molar-refractivity contribution < 1.29 is 0 Å². The SMILES string of the molecule is CCN1CCC(NCCN2CCSCC2)CC1. The van der Waals surface area contributed by atoms with Crippen LogP contribution in [0.25, 0.3) is 0 Å². The number of nitrogens with one attached hydrogen (secondary N) is 1. The molecule has 0 aromatic rings. The van der Waals surface area contributed by atoms with E-state index in [1.807, 2.05) is 0 Å². The fourth-order valence-corrected chi connectivity index (χ4v) is 3.68. The lowest BCUT2D eigenvalue weighted by Gasteiger charge is -2.32. The molecule has 100 valence electrons. The summed E-state index contributed by atoms with van der Waals surface area (Å²) in [7, 11) is 0. The third kappa shape index (κ3) is 4.78. The lowest BCUT2D eigenvalue weighted by Crippen LogP contribution is -2.45. The molecule has 0 spiro atoms. The molecule has 2 aliphatic rings. The molecule has 4 heteroatoms. The number of hydrogen-bond acceptors (Lipinski definition) is 4. The molecule has 0 saturated carbocycles. The van der Waals surface area contributed by atoms with Crippen LogP contribution in [0.3, 0.4) is 0 Å². The van der Waals surface area contributed by atoms with E-state index in [4.69, 9.17) is 0 Å². The topological polar surface area (TPSA) is 18.5 Å². The minimum absolute atomic E-state index is 0.775. The Labute approximate surface area is 110 Å². The molecule has 2 aliphatic heterocycles. The Morgan fingerprint density at radius 2 is 1.76 bits per heavy atom.